The van der Waals surface area contributed by atoms with Crippen LogP contribution in [-0.2, 0) is 6.42 Å². The Balaban J connectivity index is 1.79. The third-order valence-electron chi connectivity index (χ3n) is 4.70. The van der Waals surface area contributed by atoms with Crippen LogP contribution >= 0.6 is 15.9 Å². The molecule has 2 aromatic carbocycles. The molecule has 2 aromatic rings. The highest BCUT2D eigenvalue weighted by molar-refractivity contribution is 9.10. The Morgan fingerprint density at radius 2 is 1.92 bits per heavy atom. The van der Waals surface area contributed by atoms with Crippen LogP contribution in [0.5, 0.6) is 23.0 Å². The number of rotatable bonds is 4. The van der Waals surface area contributed by atoms with Crippen molar-refractivity contribution in [2.45, 2.75) is 19.4 Å². The van der Waals surface area contributed by atoms with Crippen molar-refractivity contribution >= 4 is 15.9 Å². The smallest absolute Gasteiger partial charge is 0.231 e. The summed E-state index contributed by atoms with van der Waals surface area (Å²) in [5.41, 5.74) is 3.74. The monoisotopic (exact) mass is 406 g/mol. The van der Waals surface area contributed by atoms with Crippen molar-refractivity contribution in [3.05, 3.63) is 45.4 Å². The zero-order valence-electron chi connectivity index (χ0n) is 14.3. The minimum atomic E-state index is 0.178. The number of halogens is 1. The van der Waals surface area contributed by atoms with Crippen LogP contribution in [0, 0.1) is 0 Å². The van der Waals surface area contributed by atoms with Crippen molar-refractivity contribution in [1.29, 1.82) is 0 Å². The molecule has 25 heavy (non-hydrogen) atoms. The second-order valence-corrected chi connectivity index (χ2v) is 6.97. The molecule has 0 spiro atoms. The van der Waals surface area contributed by atoms with Gasteiger partial charge in [-0.1, -0.05) is 15.9 Å². The van der Waals surface area contributed by atoms with Gasteiger partial charge in [0.1, 0.15) is 6.04 Å². The normalized spacial score (nSPS) is 18.0. The molecule has 132 valence electrons. The zero-order chi connectivity index (χ0) is 17.4. The van der Waals surface area contributed by atoms with Crippen LogP contribution in [-0.4, -0.2) is 27.1 Å². The number of fused-ring (bicyclic) bond motifs is 2. The van der Waals surface area contributed by atoms with Gasteiger partial charge in [0.15, 0.2) is 23.0 Å². The predicted molar refractivity (Wildman–Crippen MR) is 96.8 cm³/mol. The Bertz CT molecular complexity index is 808. The van der Waals surface area contributed by atoms with E-state index in [1.807, 2.05) is 13.0 Å². The summed E-state index contributed by atoms with van der Waals surface area (Å²) in [6.45, 7) is 3.91. The van der Waals surface area contributed by atoms with Crippen LogP contribution in [0.4, 0.5) is 0 Å². The van der Waals surface area contributed by atoms with Crippen LogP contribution in [0.1, 0.15) is 29.7 Å². The first-order valence-corrected chi connectivity index (χ1v) is 9.26. The number of hydrogen-bond donors (Lipinski definition) is 1. The number of nitrogens with two attached hydrogens (primary N) is 1. The fourth-order valence-electron chi connectivity index (χ4n) is 3.55. The maximum atomic E-state index is 5.74. The number of methoxy groups -OCH3 is 1. The van der Waals surface area contributed by atoms with Crippen LogP contribution < -0.4 is 24.3 Å². The molecule has 5 nitrogen and oxygen atoms in total. The van der Waals surface area contributed by atoms with Gasteiger partial charge in [-0.25, -0.2) is 0 Å². The van der Waals surface area contributed by atoms with Gasteiger partial charge in [-0.2, -0.15) is 0 Å². The fraction of sp³-hybridized carbons (Fsp3) is 0.368. The van der Waals surface area contributed by atoms with Crippen LogP contribution in [0.2, 0.25) is 0 Å². The van der Waals surface area contributed by atoms with Gasteiger partial charge in [-0.3, -0.25) is 0 Å². The molecule has 0 bridgehead atoms. The lowest BCUT2D eigenvalue weighted by molar-refractivity contribution is -0.690. The van der Waals surface area contributed by atoms with E-state index in [1.54, 1.807) is 7.11 Å². The molecular weight excluding hydrogens is 386 g/mol. The zero-order valence-corrected chi connectivity index (χ0v) is 15.9. The molecule has 0 radical (unpaired) electrons. The first kappa shape index (κ1) is 16.5. The second-order valence-electron chi connectivity index (χ2n) is 6.11. The Kier molecular flexibility index (Phi) is 4.48. The molecule has 0 amide bonds. The van der Waals surface area contributed by atoms with Crippen molar-refractivity contribution < 1.29 is 24.3 Å². The second kappa shape index (κ2) is 6.77. The third-order valence-corrected chi connectivity index (χ3v) is 5.39. The van der Waals surface area contributed by atoms with Gasteiger partial charge >= 0.3 is 0 Å². The molecule has 0 saturated carbocycles. The average molecular weight is 407 g/mol. The maximum absolute atomic E-state index is 5.74. The molecule has 0 aromatic heterocycles. The topological polar surface area (TPSA) is 53.5 Å². The Hall–Kier alpha value is -1.92. The number of ether oxygens (including phenoxy) is 4. The summed E-state index contributed by atoms with van der Waals surface area (Å²) in [6.07, 6.45) is 1.01. The number of hydrogen-bond acceptors (Lipinski definition) is 4. The van der Waals surface area contributed by atoms with Gasteiger partial charge in [-0.15, -0.1) is 0 Å². The van der Waals surface area contributed by atoms with E-state index < -0.39 is 0 Å². The minimum Gasteiger partial charge on any atom is -0.493 e. The first-order chi connectivity index (χ1) is 12.2. The van der Waals surface area contributed by atoms with E-state index in [-0.39, 0.29) is 12.8 Å². The van der Waals surface area contributed by atoms with Crippen LogP contribution in [0.15, 0.2) is 28.7 Å². The van der Waals surface area contributed by atoms with E-state index in [0.29, 0.717) is 6.61 Å². The molecule has 0 saturated heterocycles. The number of benzene rings is 2. The Morgan fingerprint density at radius 1 is 1.12 bits per heavy atom. The molecule has 0 unspecified atom stereocenters. The third kappa shape index (κ3) is 2.93. The summed E-state index contributed by atoms with van der Waals surface area (Å²) in [5, 5.41) is 2.35. The van der Waals surface area contributed by atoms with Gasteiger partial charge in [0, 0.05) is 22.0 Å². The van der Waals surface area contributed by atoms with Crippen molar-refractivity contribution in [2.24, 2.45) is 0 Å². The largest absolute Gasteiger partial charge is 0.493 e. The van der Waals surface area contributed by atoms with Crippen LogP contribution in [0.3, 0.4) is 0 Å². The highest BCUT2D eigenvalue weighted by Crippen LogP contribution is 2.42. The molecule has 2 aliphatic rings. The van der Waals surface area contributed by atoms with Gasteiger partial charge in [0.2, 0.25) is 6.79 Å². The first-order valence-electron chi connectivity index (χ1n) is 8.47. The van der Waals surface area contributed by atoms with Crippen molar-refractivity contribution in [3.63, 3.8) is 0 Å². The highest BCUT2D eigenvalue weighted by Gasteiger charge is 2.30. The molecule has 0 aliphatic carbocycles. The molecule has 1 atom stereocenters. The standard InChI is InChI=1S/C19H20BrNO4/c1-3-23-16-6-11-4-5-21-19(12(11)7-15(16)22-2)13-8-17-18(9-14(13)20)25-10-24-17/h6-9,19,21H,3-5,10H2,1-2H3/p+1/t19-/m0/s1. The molecule has 2 aliphatic heterocycles. The van der Waals surface area contributed by atoms with E-state index in [0.717, 1.165) is 40.4 Å². The van der Waals surface area contributed by atoms with Gasteiger partial charge in [-0.05, 0) is 36.8 Å². The van der Waals surface area contributed by atoms with E-state index in [4.69, 9.17) is 18.9 Å². The lowest BCUT2D eigenvalue weighted by Gasteiger charge is -2.26. The van der Waals surface area contributed by atoms with E-state index in [9.17, 15) is 0 Å². The van der Waals surface area contributed by atoms with Crippen molar-refractivity contribution in [1.82, 2.24) is 0 Å². The van der Waals surface area contributed by atoms with E-state index in [1.165, 1.54) is 16.7 Å². The maximum Gasteiger partial charge on any atom is 0.231 e. The van der Waals surface area contributed by atoms with Gasteiger partial charge < -0.3 is 24.3 Å². The van der Waals surface area contributed by atoms with E-state index in [2.05, 4.69) is 39.4 Å². The summed E-state index contributed by atoms with van der Waals surface area (Å²) in [7, 11) is 1.68. The average Bonchev–Trinajstić information content (AvgIpc) is 3.07. The highest BCUT2D eigenvalue weighted by atomic mass is 79.9. The molecule has 0 fully saturated rings. The summed E-state index contributed by atoms with van der Waals surface area (Å²) in [6, 6.07) is 8.48. The van der Waals surface area contributed by atoms with Gasteiger partial charge in [0.05, 0.1) is 20.3 Å². The summed E-state index contributed by atoms with van der Waals surface area (Å²) < 4.78 is 23.4. The van der Waals surface area contributed by atoms with Crippen molar-refractivity contribution in [2.75, 3.05) is 27.1 Å². The van der Waals surface area contributed by atoms with E-state index >= 15 is 0 Å². The predicted octanol–water partition coefficient (Wildman–Crippen LogP) is 2.79. The quantitative estimate of drug-likeness (QED) is 0.847. The summed E-state index contributed by atoms with van der Waals surface area (Å²) in [4.78, 5) is 0. The summed E-state index contributed by atoms with van der Waals surface area (Å²) >= 11 is 3.70. The van der Waals surface area contributed by atoms with Crippen molar-refractivity contribution in [3.8, 4) is 23.0 Å². The Labute approximate surface area is 155 Å². The fourth-order valence-corrected chi connectivity index (χ4v) is 4.12. The lowest BCUT2D eigenvalue weighted by atomic mass is 9.89. The lowest BCUT2D eigenvalue weighted by Crippen LogP contribution is -2.87. The van der Waals surface area contributed by atoms with Gasteiger partial charge in [0.25, 0.3) is 0 Å². The Morgan fingerprint density at radius 3 is 2.68 bits per heavy atom. The minimum absolute atomic E-state index is 0.178. The van der Waals surface area contributed by atoms with Crippen LogP contribution in [0.25, 0.3) is 0 Å². The molecule has 4 rings (SSSR count). The molecule has 6 heteroatoms. The molecule has 2 heterocycles. The molecular formula is C19H21BrNO4+. The SMILES string of the molecule is CCOc1cc2c(cc1OC)[C@@H](c1cc3c(cc1Br)OCO3)[NH2+]CC2. The summed E-state index contributed by atoms with van der Waals surface area (Å²) in [5.74, 6) is 3.18. The molecule has 2 N–H and O–H groups in total. The number of quaternary nitrogens is 1.